The van der Waals surface area contributed by atoms with Crippen molar-refractivity contribution in [3.05, 3.63) is 90.3 Å². The summed E-state index contributed by atoms with van der Waals surface area (Å²) in [6.45, 7) is 21.5. The number of amidine groups is 1. The Kier molecular flexibility index (Phi) is 18.0. The van der Waals surface area contributed by atoms with E-state index in [1.165, 1.54) is 17.6 Å². The minimum absolute atomic E-state index is 0.756. The highest BCUT2D eigenvalue weighted by molar-refractivity contribution is 6.08. The monoisotopic (exact) mass is 506 g/mol. The molecular formula is C31H50N6. The summed E-state index contributed by atoms with van der Waals surface area (Å²) in [4.78, 5) is 10.5. The Labute approximate surface area is 227 Å². The van der Waals surface area contributed by atoms with Crippen LogP contribution in [0.3, 0.4) is 0 Å². The van der Waals surface area contributed by atoms with Gasteiger partial charge in [-0.05, 0) is 39.3 Å². The molecule has 2 aliphatic rings. The first-order chi connectivity index (χ1) is 17.8. The summed E-state index contributed by atoms with van der Waals surface area (Å²) in [5.74, 6) is 0.756. The summed E-state index contributed by atoms with van der Waals surface area (Å²) in [5.41, 5.74) is 5.43. The van der Waals surface area contributed by atoms with Crippen LogP contribution in [-0.4, -0.2) is 47.6 Å². The minimum atomic E-state index is 0.756. The van der Waals surface area contributed by atoms with Crippen LogP contribution in [0, 0.1) is 6.92 Å². The molecule has 204 valence electrons. The van der Waals surface area contributed by atoms with Gasteiger partial charge in [-0.15, -0.1) is 0 Å². The fraction of sp³-hybridized carbons (Fsp3) is 0.419. The van der Waals surface area contributed by atoms with Crippen molar-refractivity contribution in [1.82, 2.24) is 14.9 Å². The smallest absolute Gasteiger partial charge is 0.154 e. The molecule has 0 amide bonds. The van der Waals surface area contributed by atoms with E-state index in [0.29, 0.717) is 0 Å². The quantitative estimate of drug-likeness (QED) is 0.410. The van der Waals surface area contributed by atoms with Gasteiger partial charge < -0.3 is 15.2 Å². The zero-order valence-corrected chi connectivity index (χ0v) is 24.9. The van der Waals surface area contributed by atoms with Crippen LogP contribution in [0.2, 0.25) is 0 Å². The van der Waals surface area contributed by atoms with E-state index in [0.717, 1.165) is 35.9 Å². The molecule has 2 aliphatic heterocycles. The standard InChI is InChI=1S/C20H25N5.C6H11N.C3H8.C2H6/c1-6-19(17-13-23(4)24(5)14-17)25-12-11-21-20(16(25)3)22-18-9-7-15(2)8-10-18;1-3-5-7-6-4-2;1-3-2;1-2/h6-13H,3,14H2,1-2,4-5H3,(H,21,22);3,5-6H,4H2,1-2H3;3H2,1-2H3;1-2H3/b19-6-;5-3-,7-6?;;. The van der Waals surface area contributed by atoms with Gasteiger partial charge in [0.1, 0.15) is 0 Å². The van der Waals surface area contributed by atoms with E-state index in [1.54, 1.807) is 12.4 Å². The normalized spacial score (nSPS) is 15.4. The number of anilines is 1. The molecule has 0 saturated heterocycles. The molecule has 0 atom stereocenters. The molecular weight excluding hydrogens is 456 g/mol. The number of hydrogen-bond acceptors (Lipinski definition) is 6. The van der Waals surface area contributed by atoms with Crippen molar-refractivity contribution in [2.45, 2.75) is 68.2 Å². The van der Waals surface area contributed by atoms with Gasteiger partial charge in [-0.25, -0.2) is 10.0 Å². The molecule has 0 spiro atoms. The van der Waals surface area contributed by atoms with E-state index < -0.39 is 0 Å². The van der Waals surface area contributed by atoms with Crippen LogP contribution < -0.4 is 5.32 Å². The fourth-order valence-electron chi connectivity index (χ4n) is 3.16. The number of rotatable bonds is 5. The van der Waals surface area contributed by atoms with Crippen molar-refractivity contribution >= 4 is 17.7 Å². The molecule has 0 saturated carbocycles. The molecule has 6 nitrogen and oxygen atoms in total. The zero-order valence-electron chi connectivity index (χ0n) is 24.9. The summed E-state index contributed by atoms with van der Waals surface area (Å²) < 4.78 is 0. The highest BCUT2D eigenvalue weighted by Gasteiger charge is 2.24. The predicted octanol–water partition coefficient (Wildman–Crippen LogP) is 8.13. The van der Waals surface area contributed by atoms with E-state index in [-0.39, 0.29) is 0 Å². The number of nitrogens with one attached hydrogen (secondary N) is 1. The Morgan fingerprint density at radius 1 is 1.11 bits per heavy atom. The van der Waals surface area contributed by atoms with E-state index in [2.05, 4.69) is 103 Å². The number of hydrogen-bond donors (Lipinski definition) is 1. The molecule has 37 heavy (non-hydrogen) atoms. The number of hydrazine groups is 1. The number of benzene rings is 1. The number of allylic oxidation sites excluding steroid dienone is 2. The zero-order chi connectivity index (χ0) is 28.2. The fourth-order valence-corrected chi connectivity index (χ4v) is 3.16. The molecule has 1 aromatic rings. The number of nitrogens with zero attached hydrogens (tertiary/aromatic N) is 5. The lowest BCUT2D eigenvalue weighted by molar-refractivity contribution is 0.116. The summed E-state index contributed by atoms with van der Waals surface area (Å²) in [6.07, 6.45) is 15.9. The predicted molar refractivity (Wildman–Crippen MR) is 165 cm³/mol. The van der Waals surface area contributed by atoms with Gasteiger partial charge in [0.15, 0.2) is 5.84 Å². The SMILES string of the molecule is C/C=C\N=CCC.C=C1C(Nc2ccc(C)cc2)=NC=CN1/C(=C\C)C1=CN(C)N(C)C1.CC.CCC. The van der Waals surface area contributed by atoms with Gasteiger partial charge in [-0.3, -0.25) is 4.99 Å². The third kappa shape index (κ3) is 11.9. The lowest BCUT2D eigenvalue weighted by Crippen LogP contribution is -2.30. The lowest BCUT2D eigenvalue weighted by Gasteiger charge is -2.29. The second kappa shape index (κ2) is 19.8. The Hall–Kier alpha value is -3.38. The van der Waals surface area contributed by atoms with Gasteiger partial charge in [-0.1, -0.05) is 77.5 Å². The molecule has 0 radical (unpaired) electrons. The van der Waals surface area contributed by atoms with Crippen LogP contribution in [-0.2, 0) is 0 Å². The Morgan fingerprint density at radius 3 is 2.22 bits per heavy atom. The van der Waals surface area contributed by atoms with Crippen LogP contribution in [0.1, 0.15) is 66.9 Å². The second-order valence-electron chi connectivity index (χ2n) is 8.23. The molecule has 0 aliphatic carbocycles. The third-order valence-electron chi connectivity index (χ3n) is 4.96. The topological polar surface area (TPSA) is 46.5 Å². The lowest BCUT2D eigenvalue weighted by atomic mass is 10.1. The maximum Gasteiger partial charge on any atom is 0.154 e. The van der Waals surface area contributed by atoms with E-state index in [9.17, 15) is 0 Å². The van der Waals surface area contributed by atoms with Gasteiger partial charge in [0.05, 0.1) is 5.70 Å². The molecule has 0 bridgehead atoms. The molecule has 1 aromatic carbocycles. The number of likely N-dealkylation sites (N-methyl/N-ethyl adjacent to an activating group) is 1. The maximum absolute atomic E-state index is 4.47. The average molecular weight is 507 g/mol. The Balaban J connectivity index is 0.000000913. The van der Waals surface area contributed by atoms with Crippen LogP contribution >= 0.6 is 0 Å². The Morgan fingerprint density at radius 2 is 1.73 bits per heavy atom. The summed E-state index contributed by atoms with van der Waals surface area (Å²) >= 11 is 0. The van der Waals surface area contributed by atoms with Gasteiger partial charge in [0.25, 0.3) is 0 Å². The van der Waals surface area contributed by atoms with Crippen molar-refractivity contribution in [3.63, 3.8) is 0 Å². The van der Waals surface area contributed by atoms with E-state index in [1.807, 2.05) is 58.4 Å². The van der Waals surface area contributed by atoms with Gasteiger partial charge in [0, 0.05) is 68.6 Å². The average Bonchev–Trinajstić information content (AvgIpc) is 3.23. The van der Waals surface area contributed by atoms with Crippen LogP contribution in [0.5, 0.6) is 0 Å². The van der Waals surface area contributed by atoms with Gasteiger partial charge in [-0.2, -0.15) is 0 Å². The van der Waals surface area contributed by atoms with Crippen LogP contribution in [0.15, 0.2) is 94.7 Å². The van der Waals surface area contributed by atoms with Crippen LogP contribution in [0.25, 0.3) is 0 Å². The van der Waals surface area contributed by atoms with Gasteiger partial charge >= 0.3 is 0 Å². The molecule has 0 fully saturated rings. The van der Waals surface area contributed by atoms with Crippen molar-refractivity contribution in [2.75, 3.05) is 26.0 Å². The largest absolute Gasteiger partial charge is 0.339 e. The highest BCUT2D eigenvalue weighted by Crippen LogP contribution is 2.27. The second-order valence-corrected chi connectivity index (χ2v) is 8.23. The summed E-state index contributed by atoms with van der Waals surface area (Å²) in [7, 11) is 4.12. The Bertz CT molecular complexity index is 964. The molecule has 1 N–H and O–H groups in total. The summed E-state index contributed by atoms with van der Waals surface area (Å²) in [5, 5.41) is 7.62. The first-order valence-electron chi connectivity index (χ1n) is 13.3. The number of aliphatic imine (C=N–C) groups is 2. The molecule has 2 heterocycles. The molecule has 0 aromatic heterocycles. The maximum atomic E-state index is 4.47. The van der Waals surface area contributed by atoms with Crippen molar-refractivity contribution in [3.8, 4) is 0 Å². The molecule has 6 heteroatoms. The van der Waals surface area contributed by atoms with Crippen molar-refractivity contribution in [1.29, 1.82) is 0 Å². The first-order valence-corrected chi connectivity index (χ1v) is 13.3. The van der Waals surface area contributed by atoms with Crippen molar-refractivity contribution < 1.29 is 0 Å². The van der Waals surface area contributed by atoms with Crippen molar-refractivity contribution in [2.24, 2.45) is 9.98 Å². The third-order valence-corrected chi connectivity index (χ3v) is 4.96. The van der Waals surface area contributed by atoms with E-state index >= 15 is 0 Å². The first kappa shape index (κ1) is 33.6. The minimum Gasteiger partial charge on any atom is -0.339 e. The molecule has 3 rings (SSSR count). The van der Waals surface area contributed by atoms with Gasteiger partial charge in [0.2, 0.25) is 0 Å². The molecule has 0 unspecified atom stereocenters. The van der Waals surface area contributed by atoms with Crippen LogP contribution in [0.4, 0.5) is 5.69 Å². The highest BCUT2D eigenvalue weighted by atomic mass is 15.6. The van der Waals surface area contributed by atoms with E-state index in [4.69, 9.17) is 0 Å². The number of aryl methyl sites for hydroxylation is 1. The summed E-state index contributed by atoms with van der Waals surface area (Å²) in [6, 6.07) is 8.25.